The van der Waals surface area contributed by atoms with Crippen LogP contribution < -0.4 is 0 Å². The lowest BCUT2D eigenvalue weighted by atomic mass is 9.88. The maximum absolute atomic E-state index is 13.3. The van der Waals surface area contributed by atoms with Crippen molar-refractivity contribution in [1.82, 2.24) is 9.88 Å². The summed E-state index contributed by atoms with van der Waals surface area (Å²) in [6.07, 6.45) is 5.96. The van der Waals surface area contributed by atoms with Crippen LogP contribution in [0.4, 0.5) is 0 Å². The second-order valence-corrected chi connectivity index (χ2v) is 9.76. The van der Waals surface area contributed by atoms with E-state index in [2.05, 4.69) is 18.8 Å². The Morgan fingerprint density at radius 2 is 1.74 bits per heavy atom. The number of aliphatic hydroxyl groups excluding tert-OH is 1. The Morgan fingerprint density at radius 1 is 1.00 bits per heavy atom. The van der Waals surface area contributed by atoms with Gasteiger partial charge >= 0.3 is 0 Å². The van der Waals surface area contributed by atoms with E-state index in [4.69, 9.17) is 0 Å². The van der Waals surface area contributed by atoms with Gasteiger partial charge in [-0.2, -0.15) is 0 Å². The molecule has 1 amide bonds. The number of nitrogens with zero attached hydrogens (tertiary/aromatic N) is 2. The number of Topliss-reactive ketones (excluding diaryl/α,β-unsaturated/α-hetero) is 1. The molecule has 1 aliphatic heterocycles. The molecule has 0 radical (unpaired) electrons. The van der Waals surface area contributed by atoms with Crippen LogP contribution in [0.1, 0.15) is 72.2 Å². The van der Waals surface area contributed by atoms with Crippen LogP contribution in [0.15, 0.2) is 72.4 Å². The van der Waals surface area contributed by atoms with E-state index in [1.165, 1.54) is 28.0 Å². The van der Waals surface area contributed by atoms with Crippen molar-refractivity contribution in [1.29, 1.82) is 0 Å². The SMILES string of the molecule is CC(C)c1ccc(C2/C(=C(/O)c3ccc4c(c3)CCCC4)C(=O)C(=O)N2Cc2ccccn2)cc1. The molecule has 1 aliphatic carbocycles. The van der Waals surface area contributed by atoms with Crippen molar-refractivity contribution in [3.05, 3.63) is 106 Å². The van der Waals surface area contributed by atoms with Gasteiger partial charge in [0.15, 0.2) is 0 Å². The highest BCUT2D eigenvalue weighted by Crippen LogP contribution is 2.41. The van der Waals surface area contributed by atoms with Crippen LogP contribution in [0.5, 0.6) is 0 Å². The largest absolute Gasteiger partial charge is 0.507 e. The first kappa shape index (κ1) is 23.0. The average molecular weight is 467 g/mol. The minimum Gasteiger partial charge on any atom is -0.507 e. The standard InChI is InChI=1S/C30H30N2O3/c1-19(2)20-10-13-22(14-11-20)27-26(28(33)24-15-12-21-7-3-4-8-23(21)17-24)29(34)30(35)32(27)18-25-9-5-6-16-31-25/h5-6,9-17,19,27,33H,3-4,7-8,18H2,1-2H3/b28-26-. The van der Waals surface area contributed by atoms with Crippen LogP contribution in [0.3, 0.4) is 0 Å². The number of fused-ring (bicyclic) bond motifs is 1. The Kier molecular flexibility index (Phi) is 6.25. The molecular weight excluding hydrogens is 436 g/mol. The highest BCUT2D eigenvalue weighted by molar-refractivity contribution is 6.46. The molecule has 178 valence electrons. The number of aromatic nitrogens is 1. The molecule has 2 heterocycles. The molecule has 1 unspecified atom stereocenters. The molecule has 5 rings (SSSR count). The normalized spacial score (nSPS) is 19.3. The van der Waals surface area contributed by atoms with E-state index in [0.717, 1.165) is 24.8 Å². The predicted molar refractivity (Wildman–Crippen MR) is 136 cm³/mol. The highest BCUT2D eigenvalue weighted by Gasteiger charge is 2.46. The van der Waals surface area contributed by atoms with E-state index >= 15 is 0 Å². The molecule has 35 heavy (non-hydrogen) atoms. The number of ketones is 1. The van der Waals surface area contributed by atoms with E-state index < -0.39 is 17.7 Å². The van der Waals surface area contributed by atoms with Gasteiger partial charge in [-0.3, -0.25) is 14.6 Å². The minimum absolute atomic E-state index is 0.113. The number of carbonyl (C=O) groups is 2. The summed E-state index contributed by atoms with van der Waals surface area (Å²) >= 11 is 0. The lowest BCUT2D eigenvalue weighted by molar-refractivity contribution is -0.140. The quantitative estimate of drug-likeness (QED) is 0.297. The number of aryl methyl sites for hydroxylation is 2. The van der Waals surface area contributed by atoms with Gasteiger partial charge < -0.3 is 10.0 Å². The molecule has 1 N–H and O–H groups in total. The number of hydrogen-bond acceptors (Lipinski definition) is 4. The summed E-state index contributed by atoms with van der Waals surface area (Å²) in [5.41, 5.74) is 5.88. The monoisotopic (exact) mass is 466 g/mol. The molecule has 1 saturated heterocycles. The summed E-state index contributed by atoms with van der Waals surface area (Å²) in [6.45, 7) is 4.43. The van der Waals surface area contributed by atoms with Gasteiger partial charge in [-0.15, -0.1) is 0 Å². The zero-order chi connectivity index (χ0) is 24.5. The minimum atomic E-state index is -0.686. The molecule has 0 saturated carbocycles. The first-order valence-electron chi connectivity index (χ1n) is 12.3. The molecule has 2 aromatic carbocycles. The Bertz CT molecular complexity index is 1290. The smallest absolute Gasteiger partial charge is 0.296 e. The molecular formula is C30H30N2O3. The Labute approximate surface area is 206 Å². The van der Waals surface area contributed by atoms with Crippen LogP contribution in [0, 0.1) is 0 Å². The van der Waals surface area contributed by atoms with E-state index in [1.807, 2.05) is 60.7 Å². The van der Waals surface area contributed by atoms with E-state index in [1.54, 1.807) is 6.20 Å². The van der Waals surface area contributed by atoms with Crippen molar-refractivity contribution in [3.63, 3.8) is 0 Å². The maximum Gasteiger partial charge on any atom is 0.296 e. The molecule has 1 atom stereocenters. The molecule has 5 nitrogen and oxygen atoms in total. The van der Waals surface area contributed by atoms with Gasteiger partial charge in [0.05, 0.1) is 23.9 Å². The van der Waals surface area contributed by atoms with Crippen LogP contribution in [-0.4, -0.2) is 26.7 Å². The molecule has 1 fully saturated rings. The summed E-state index contributed by atoms with van der Waals surface area (Å²) in [7, 11) is 0. The van der Waals surface area contributed by atoms with Gasteiger partial charge in [0, 0.05) is 11.8 Å². The van der Waals surface area contributed by atoms with Crippen molar-refractivity contribution in [2.45, 2.75) is 58.0 Å². The predicted octanol–water partition coefficient (Wildman–Crippen LogP) is 5.71. The molecule has 5 heteroatoms. The van der Waals surface area contributed by atoms with E-state index in [0.29, 0.717) is 17.2 Å². The van der Waals surface area contributed by atoms with E-state index in [9.17, 15) is 14.7 Å². The lowest BCUT2D eigenvalue weighted by Gasteiger charge is -2.25. The van der Waals surface area contributed by atoms with Gasteiger partial charge in [0.1, 0.15) is 5.76 Å². The highest BCUT2D eigenvalue weighted by atomic mass is 16.3. The molecule has 3 aromatic rings. The topological polar surface area (TPSA) is 70.5 Å². The molecule has 0 spiro atoms. The van der Waals surface area contributed by atoms with Crippen LogP contribution in [-0.2, 0) is 29.0 Å². The lowest BCUT2D eigenvalue weighted by Crippen LogP contribution is -2.29. The fourth-order valence-corrected chi connectivity index (χ4v) is 5.16. The zero-order valence-corrected chi connectivity index (χ0v) is 20.2. The number of pyridine rings is 1. The second kappa shape index (κ2) is 9.49. The van der Waals surface area contributed by atoms with Crippen LogP contribution in [0.2, 0.25) is 0 Å². The Balaban J connectivity index is 1.62. The van der Waals surface area contributed by atoms with Crippen LogP contribution >= 0.6 is 0 Å². The van der Waals surface area contributed by atoms with Gasteiger partial charge in [-0.05, 0) is 72.1 Å². The second-order valence-electron chi connectivity index (χ2n) is 9.76. The fraction of sp³-hybridized carbons (Fsp3) is 0.300. The van der Waals surface area contributed by atoms with Crippen molar-refractivity contribution in [2.24, 2.45) is 0 Å². The van der Waals surface area contributed by atoms with Gasteiger partial charge in [0.25, 0.3) is 11.7 Å². The van der Waals surface area contributed by atoms with Crippen molar-refractivity contribution in [3.8, 4) is 0 Å². The maximum atomic E-state index is 13.3. The van der Waals surface area contributed by atoms with Crippen molar-refractivity contribution < 1.29 is 14.7 Å². The number of aliphatic hydroxyl groups is 1. The Hall–Kier alpha value is -3.73. The summed E-state index contributed by atoms with van der Waals surface area (Å²) in [6, 6.07) is 18.7. The first-order chi connectivity index (χ1) is 16.9. The summed E-state index contributed by atoms with van der Waals surface area (Å²) < 4.78 is 0. The molecule has 2 aliphatic rings. The van der Waals surface area contributed by atoms with Gasteiger partial charge in [-0.25, -0.2) is 0 Å². The van der Waals surface area contributed by atoms with Gasteiger partial charge in [0.2, 0.25) is 0 Å². The summed E-state index contributed by atoms with van der Waals surface area (Å²) in [4.78, 5) is 32.5. The molecule has 1 aromatic heterocycles. The number of amides is 1. The number of carbonyl (C=O) groups excluding carboxylic acids is 2. The third kappa shape index (κ3) is 4.39. The number of hydrogen-bond donors (Lipinski definition) is 1. The first-order valence-corrected chi connectivity index (χ1v) is 12.3. The average Bonchev–Trinajstić information content (AvgIpc) is 3.13. The summed E-state index contributed by atoms with van der Waals surface area (Å²) in [5.74, 6) is -1.03. The van der Waals surface area contributed by atoms with Crippen molar-refractivity contribution >= 4 is 17.4 Å². The zero-order valence-electron chi connectivity index (χ0n) is 20.2. The summed E-state index contributed by atoms with van der Waals surface area (Å²) in [5, 5.41) is 11.4. The van der Waals surface area contributed by atoms with Crippen molar-refractivity contribution in [2.75, 3.05) is 0 Å². The Morgan fingerprint density at radius 3 is 2.43 bits per heavy atom. The third-order valence-electron chi connectivity index (χ3n) is 7.14. The van der Waals surface area contributed by atoms with Gasteiger partial charge in [-0.1, -0.05) is 56.3 Å². The number of rotatable bonds is 5. The third-order valence-corrected chi connectivity index (χ3v) is 7.14. The number of benzene rings is 2. The number of likely N-dealkylation sites (tertiary alicyclic amines) is 1. The van der Waals surface area contributed by atoms with Crippen LogP contribution in [0.25, 0.3) is 5.76 Å². The van der Waals surface area contributed by atoms with E-state index in [-0.39, 0.29) is 17.9 Å². The fourth-order valence-electron chi connectivity index (χ4n) is 5.16. The molecule has 0 bridgehead atoms.